The first-order chi connectivity index (χ1) is 21.6. The van der Waals surface area contributed by atoms with Gasteiger partial charge in [0.05, 0.1) is 11.4 Å². The summed E-state index contributed by atoms with van der Waals surface area (Å²) in [5.74, 6) is -0.657. The van der Waals surface area contributed by atoms with E-state index in [1.54, 1.807) is 34.1 Å². The highest BCUT2D eigenvalue weighted by atomic mass is 35.5. The fourth-order valence-electron chi connectivity index (χ4n) is 5.43. The van der Waals surface area contributed by atoms with Gasteiger partial charge in [0.2, 0.25) is 5.91 Å². The van der Waals surface area contributed by atoms with Crippen LogP contribution in [0.25, 0.3) is 10.9 Å². The second kappa shape index (κ2) is 14.9. The number of hydrogen-bond acceptors (Lipinski definition) is 6. The van der Waals surface area contributed by atoms with Crippen molar-refractivity contribution in [1.29, 1.82) is 0 Å². The summed E-state index contributed by atoms with van der Waals surface area (Å²) in [4.78, 5) is 42.0. The molecule has 1 atom stereocenters. The molecule has 2 amide bonds. The average Bonchev–Trinajstić information content (AvgIpc) is 3.70. The number of hydrogen-bond donors (Lipinski definition) is 1. The Morgan fingerprint density at radius 1 is 1.00 bits per heavy atom. The van der Waals surface area contributed by atoms with Crippen LogP contribution >= 0.6 is 11.6 Å². The van der Waals surface area contributed by atoms with Crippen molar-refractivity contribution in [3.05, 3.63) is 70.4 Å². The third-order valence-corrected chi connectivity index (χ3v) is 8.02. The zero-order valence-corrected chi connectivity index (χ0v) is 28.9. The summed E-state index contributed by atoms with van der Waals surface area (Å²) in [5, 5.41) is 4.30. The standard InChI is InChI=1S/C36H48ClN3O6/c1-35(2,3)45-33(42)38-22-26(21-25-11-8-12-31-29(25)17-18-39(31)34(43)46-36(4,5)6)32(41)40(28-14-15-28)23-27-20-24(10-9-19-44-7)13-16-30(27)37/h8,11-13,16-18,20,26,28H,9-10,14-15,19,21-23H2,1-7H3,(H,38,42). The van der Waals surface area contributed by atoms with Gasteiger partial charge in [0.25, 0.3) is 0 Å². The summed E-state index contributed by atoms with van der Waals surface area (Å²) < 4.78 is 17.8. The van der Waals surface area contributed by atoms with E-state index >= 15 is 0 Å². The third kappa shape index (κ3) is 9.97. The summed E-state index contributed by atoms with van der Waals surface area (Å²) in [5.41, 5.74) is 2.29. The summed E-state index contributed by atoms with van der Waals surface area (Å²) in [7, 11) is 1.69. The van der Waals surface area contributed by atoms with Crippen molar-refractivity contribution < 1.29 is 28.6 Å². The van der Waals surface area contributed by atoms with Gasteiger partial charge in [0.1, 0.15) is 11.2 Å². The van der Waals surface area contributed by atoms with Crippen LogP contribution in [0.4, 0.5) is 9.59 Å². The zero-order valence-electron chi connectivity index (χ0n) is 28.2. The molecule has 0 radical (unpaired) electrons. The molecule has 1 saturated carbocycles. The van der Waals surface area contributed by atoms with Gasteiger partial charge in [-0.2, -0.15) is 0 Å². The molecule has 1 N–H and O–H groups in total. The summed E-state index contributed by atoms with van der Waals surface area (Å²) >= 11 is 6.66. The number of nitrogens with zero attached hydrogens (tertiary/aromatic N) is 2. The Morgan fingerprint density at radius 2 is 1.72 bits per heavy atom. The molecule has 0 spiro atoms. The van der Waals surface area contributed by atoms with Crippen LogP contribution in [0.2, 0.25) is 5.02 Å². The molecule has 9 nitrogen and oxygen atoms in total. The number of aromatic nitrogens is 1. The minimum Gasteiger partial charge on any atom is -0.444 e. The van der Waals surface area contributed by atoms with Crippen LogP contribution in [-0.4, -0.2) is 65.1 Å². The fraction of sp³-hybridized carbons (Fsp3) is 0.528. The third-order valence-electron chi connectivity index (χ3n) is 7.66. The van der Waals surface area contributed by atoms with E-state index in [-0.39, 0.29) is 18.5 Å². The lowest BCUT2D eigenvalue weighted by molar-refractivity contribution is -0.136. The number of methoxy groups -OCH3 is 1. The minimum absolute atomic E-state index is 0.0667. The van der Waals surface area contributed by atoms with E-state index in [4.69, 9.17) is 25.8 Å². The molecule has 4 rings (SSSR count). The van der Waals surface area contributed by atoms with Crippen molar-refractivity contribution in [3.63, 3.8) is 0 Å². The van der Waals surface area contributed by atoms with Gasteiger partial charge >= 0.3 is 12.2 Å². The molecule has 0 saturated heterocycles. The van der Waals surface area contributed by atoms with Crippen LogP contribution in [0.1, 0.15) is 77.5 Å². The summed E-state index contributed by atoms with van der Waals surface area (Å²) in [6.07, 6.45) is 4.56. The van der Waals surface area contributed by atoms with Gasteiger partial charge < -0.3 is 24.4 Å². The van der Waals surface area contributed by atoms with E-state index in [2.05, 4.69) is 11.4 Å². The Morgan fingerprint density at radius 3 is 2.37 bits per heavy atom. The van der Waals surface area contributed by atoms with E-state index in [0.717, 1.165) is 47.8 Å². The van der Waals surface area contributed by atoms with Crippen molar-refractivity contribution in [2.24, 2.45) is 5.92 Å². The highest BCUT2D eigenvalue weighted by molar-refractivity contribution is 6.31. The first-order valence-corrected chi connectivity index (χ1v) is 16.4. The normalized spacial score (nSPS) is 14.2. The highest BCUT2D eigenvalue weighted by Gasteiger charge is 2.37. The predicted molar refractivity (Wildman–Crippen MR) is 180 cm³/mol. The average molecular weight is 654 g/mol. The SMILES string of the molecule is COCCCc1ccc(Cl)c(CN(C(=O)C(CNC(=O)OC(C)(C)C)Cc2cccc3c2ccn3C(=O)OC(C)(C)C)C2CC2)c1. The molecule has 1 aromatic heterocycles. The number of carbonyl (C=O) groups excluding carboxylic acids is 3. The maximum Gasteiger partial charge on any atom is 0.418 e. The number of rotatable bonds is 12. The second-order valence-corrected chi connectivity index (χ2v) is 14.4. The first kappa shape index (κ1) is 35.3. The smallest absolute Gasteiger partial charge is 0.418 e. The van der Waals surface area contributed by atoms with E-state index in [9.17, 15) is 14.4 Å². The molecule has 250 valence electrons. The molecule has 0 bridgehead atoms. The number of amides is 2. The molecule has 1 heterocycles. The largest absolute Gasteiger partial charge is 0.444 e. The van der Waals surface area contributed by atoms with Crippen molar-refractivity contribution in [3.8, 4) is 0 Å². The van der Waals surface area contributed by atoms with Crippen molar-refractivity contribution in [2.75, 3.05) is 20.3 Å². The maximum absolute atomic E-state index is 14.4. The fourth-order valence-corrected chi connectivity index (χ4v) is 5.61. The van der Waals surface area contributed by atoms with Gasteiger partial charge in [-0.3, -0.25) is 9.36 Å². The lowest BCUT2D eigenvalue weighted by Crippen LogP contribution is -2.44. The number of ether oxygens (including phenoxy) is 3. The molecule has 10 heteroatoms. The molecule has 3 aromatic rings. The van der Waals surface area contributed by atoms with Crippen LogP contribution in [0.15, 0.2) is 48.7 Å². The second-order valence-electron chi connectivity index (χ2n) is 14.0. The molecule has 0 aliphatic heterocycles. The Hall–Kier alpha value is -3.56. The highest BCUT2D eigenvalue weighted by Crippen LogP contribution is 2.33. The van der Waals surface area contributed by atoms with Crippen LogP contribution in [0.3, 0.4) is 0 Å². The van der Waals surface area contributed by atoms with Gasteiger partial charge in [-0.25, -0.2) is 9.59 Å². The maximum atomic E-state index is 14.4. The molecular weight excluding hydrogens is 606 g/mol. The predicted octanol–water partition coefficient (Wildman–Crippen LogP) is 7.53. The summed E-state index contributed by atoms with van der Waals surface area (Å²) in [6.45, 7) is 12.0. The first-order valence-electron chi connectivity index (χ1n) is 16.0. The number of aryl methyl sites for hydroxylation is 1. The van der Waals surface area contributed by atoms with Crippen LogP contribution < -0.4 is 5.32 Å². The number of halogens is 1. The van der Waals surface area contributed by atoms with Crippen LogP contribution in [-0.2, 0) is 38.4 Å². The summed E-state index contributed by atoms with van der Waals surface area (Å²) in [6, 6.07) is 13.6. The van der Waals surface area contributed by atoms with E-state index in [0.29, 0.717) is 30.1 Å². The monoisotopic (exact) mass is 653 g/mol. The Bertz CT molecular complexity index is 1530. The van der Waals surface area contributed by atoms with Gasteiger partial charge in [-0.05, 0) is 109 Å². The van der Waals surface area contributed by atoms with Gasteiger partial charge in [0, 0.05) is 49.5 Å². The van der Waals surface area contributed by atoms with Crippen molar-refractivity contribution >= 4 is 40.6 Å². The van der Waals surface area contributed by atoms with Crippen molar-refractivity contribution in [1.82, 2.24) is 14.8 Å². The zero-order chi connectivity index (χ0) is 33.6. The van der Waals surface area contributed by atoms with E-state index < -0.39 is 29.3 Å². The number of fused-ring (bicyclic) bond motifs is 1. The molecule has 1 fully saturated rings. The Balaban J connectivity index is 1.62. The van der Waals surface area contributed by atoms with Gasteiger partial charge in [0.15, 0.2) is 0 Å². The molecule has 46 heavy (non-hydrogen) atoms. The molecule has 1 aliphatic carbocycles. The Labute approximate surface area is 277 Å². The minimum atomic E-state index is -0.676. The number of benzene rings is 2. The lowest BCUT2D eigenvalue weighted by Gasteiger charge is -2.29. The van der Waals surface area contributed by atoms with Crippen LogP contribution in [0, 0.1) is 5.92 Å². The topological polar surface area (TPSA) is 99.1 Å². The lowest BCUT2D eigenvalue weighted by atomic mass is 9.95. The molecule has 1 aliphatic rings. The van der Waals surface area contributed by atoms with E-state index in [1.165, 1.54) is 4.57 Å². The number of nitrogens with one attached hydrogen (secondary N) is 1. The van der Waals surface area contributed by atoms with E-state index in [1.807, 2.05) is 62.1 Å². The quantitative estimate of drug-likeness (QED) is 0.203. The molecule has 2 aromatic carbocycles. The van der Waals surface area contributed by atoms with Crippen molar-refractivity contribution in [2.45, 2.75) is 97.4 Å². The van der Waals surface area contributed by atoms with Crippen LogP contribution in [0.5, 0.6) is 0 Å². The Kier molecular flexibility index (Phi) is 11.4. The molecule has 1 unspecified atom stereocenters. The number of carbonyl (C=O) groups is 3. The van der Waals surface area contributed by atoms with Gasteiger partial charge in [-0.15, -0.1) is 0 Å². The van der Waals surface area contributed by atoms with Gasteiger partial charge in [-0.1, -0.05) is 35.9 Å². The molecular formula is C36H48ClN3O6. The number of alkyl carbamates (subject to hydrolysis) is 1.